The number of rotatable bonds is 6. The molecule has 2 aromatic carbocycles. The lowest BCUT2D eigenvalue weighted by Crippen LogP contribution is -2.36. The minimum absolute atomic E-state index is 0.378. The number of hydrogen-bond acceptors (Lipinski definition) is 4. The van der Waals surface area contributed by atoms with Gasteiger partial charge in [0.1, 0.15) is 0 Å². The Labute approximate surface area is 166 Å². The van der Waals surface area contributed by atoms with Crippen molar-refractivity contribution >= 4 is 16.9 Å². The van der Waals surface area contributed by atoms with E-state index in [0.29, 0.717) is 24.9 Å². The van der Waals surface area contributed by atoms with Crippen LogP contribution in [0.4, 0.5) is 4.79 Å². The first-order chi connectivity index (χ1) is 13.5. The van der Waals surface area contributed by atoms with Gasteiger partial charge in [-0.05, 0) is 25.5 Å². The van der Waals surface area contributed by atoms with Gasteiger partial charge in [-0.15, -0.1) is 0 Å². The van der Waals surface area contributed by atoms with Crippen LogP contribution in [-0.2, 0) is 0 Å². The predicted octanol–water partition coefficient (Wildman–Crippen LogP) is 4.61. The third kappa shape index (κ3) is 4.67. The van der Waals surface area contributed by atoms with Gasteiger partial charge >= 0.3 is 6.09 Å². The fraction of sp³-hybridized carbons (Fsp3) is 0.304. The van der Waals surface area contributed by atoms with E-state index in [-0.39, 0.29) is 0 Å². The van der Waals surface area contributed by atoms with Crippen LogP contribution in [0, 0.1) is 13.8 Å². The SMILES string of the molecule is Cc1ccc2c(-c3ccccc3C)ncc(OC(=O)NCCNC(C)C)c2c1. The Balaban J connectivity index is 1.88. The van der Waals surface area contributed by atoms with E-state index in [0.717, 1.165) is 33.2 Å². The molecule has 0 spiro atoms. The number of aryl methyl sites for hydroxylation is 2. The zero-order chi connectivity index (χ0) is 20.1. The number of hydrogen-bond donors (Lipinski definition) is 2. The van der Waals surface area contributed by atoms with Crippen LogP contribution >= 0.6 is 0 Å². The van der Waals surface area contributed by atoms with Crippen molar-refractivity contribution in [3.05, 3.63) is 59.8 Å². The molecule has 1 aromatic heterocycles. The molecular weight excluding hydrogens is 350 g/mol. The molecule has 0 atom stereocenters. The van der Waals surface area contributed by atoms with Gasteiger partial charge in [-0.2, -0.15) is 0 Å². The van der Waals surface area contributed by atoms with Crippen molar-refractivity contribution in [1.29, 1.82) is 0 Å². The normalized spacial score (nSPS) is 11.0. The summed E-state index contributed by atoms with van der Waals surface area (Å²) in [5.74, 6) is 0.463. The Morgan fingerprint density at radius 3 is 2.61 bits per heavy atom. The van der Waals surface area contributed by atoms with Crippen molar-refractivity contribution in [1.82, 2.24) is 15.6 Å². The fourth-order valence-electron chi connectivity index (χ4n) is 3.13. The zero-order valence-electron chi connectivity index (χ0n) is 16.9. The number of pyridine rings is 1. The van der Waals surface area contributed by atoms with Gasteiger partial charge in [0, 0.05) is 35.5 Å². The highest BCUT2D eigenvalue weighted by Gasteiger charge is 2.14. The molecule has 0 aliphatic heterocycles. The second kappa shape index (κ2) is 8.85. The summed E-state index contributed by atoms with van der Waals surface area (Å²) in [5, 5.41) is 7.86. The van der Waals surface area contributed by atoms with Gasteiger partial charge in [0.05, 0.1) is 11.9 Å². The third-order valence-corrected chi connectivity index (χ3v) is 4.56. The lowest BCUT2D eigenvalue weighted by atomic mass is 9.99. The summed E-state index contributed by atoms with van der Waals surface area (Å²) in [4.78, 5) is 16.8. The molecule has 0 saturated heterocycles. The smallest absolute Gasteiger partial charge is 0.408 e. The van der Waals surface area contributed by atoms with E-state index in [2.05, 4.69) is 48.5 Å². The van der Waals surface area contributed by atoms with Crippen molar-refractivity contribution in [3.63, 3.8) is 0 Å². The quantitative estimate of drug-likeness (QED) is 0.616. The van der Waals surface area contributed by atoms with Crippen LogP contribution in [0.5, 0.6) is 5.75 Å². The molecule has 5 nitrogen and oxygen atoms in total. The lowest BCUT2D eigenvalue weighted by Gasteiger charge is -2.14. The first kappa shape index (κ1) is 19.8. The van der Waals surface area contributed by atoms with Gasteiger partial charge < -0.3 is 15.4 Å². The minimum Gasteiger partial charge on any atom is -0.408 e. The largest absolute Gasteiger partial charge is 0.412 e. The van der Waals surface area contributed by atoms with Crippen LogP contribution in [0.1, 0.15) is 25.0 Å². The standard InChI is InChI=1S/C23H27N3O2/c1-15(2)24-11-12-25-23(27)28-21-14-26-22(18-8-6-5-7-17(18)4)19-10-9-16(3)13-20(19)21/h5-10,13-15,24H,11-12H2,1-4H3,(H,25,27). The van der Waals surface area contributed by atoms with Gasteiger partial charge in [-0.1, -0.05) is 55.8 Å². The first-order valence-electron chi connectivity index (χ1n) is 9.60. The predicted molar refractivity (Wildman–Crippen MR) is 114 cm³/mol. The number of carbonyl (C=O) groups is 1. The maximum atomic E-state index is 12.2. The average Bonchev–Trinajstić information content (AvgIpc) is 2.66. The van der Waals surface area contributed by atoms with Crippen molar-refractivity contribution in [2.45, 2.75) is 33.7 Å². The fourth-order valence-corrected chi connectivity index (χ4v) is 3.13. The summed E-state index contributed by atoms with van der Waals surface area (Å²) in [6.07, 6.45) is 1.16. The van der Waals surface area contributed by atoms with Gasteiger partial charge in [-0.3, -0.25) is 4.98 Å². The number of nitrogens with zero attached hydrogens (tertiary/aromatic N) is 1. The maximum Gasteiger partial charge on any atom is 0.412 e. The maximum absolute atomic E-state index is 12.2. The summed E-state index contributed by atoms with van der Waals surface area (Å²) >= 11 is 0. The zero-order valence-corrected chi connectivity index (χ0v) is 16.9. The van der Waals surface area contributed by atoms with E-state index in [1.807, 2.05) is 37.3 Å². The number of amides is 1. The molecule has 28 heavy (non-hydrogen) atoms. The molecule has 1 amide bonds. The Bertz CT molecular complexity index is 983. The Morgan fingerprint density at radius 2 is 1.86 bits per heavy atom. The summed E-state index contributed by atoms with van der Waals surface area (Å²) in [5.41, 5.74) is 4.22. The molecule has 0 aliphatic carbocycles. The van der Waals surface area contributed by atoms with Gasteiger partial charge in [-0.25, -0.2) is 4.79 Å². The van der Waals surface area contributed by atoms with Crippen molar-refractivity contribution in [2.75, 3.05) is 13.1 Å². The Morgan fingerprint density at radius 1 is 1.07 bits per heavy atom. The van der Waals surface area contributed by atoms with Crippen LogP contribution < -0.4 is 15.4 Å². The highest BCUT2D eigenvalue weighted by molar-refractivity contribution is 5.99. The van der Waals surface area contributed by atoms with Gasteiger partial charge in [0.2, 0.25) is 0 Å². The molecule has 5 heteroatoms. The van der Waals surface area contributed by atoms with E-state index in [1.165, 1.54) is 0 Å². The number of ether oxygens (including phenoxy) is 1. The molecule has 0 aliphatic rings. The molecule has 1 heterocycles. The summed E-state index contributed by atoms with van der Waals surface area (Å²) in [7, 11) is 0. The van der Waals surface area contributed by atoms with Crippen LogP contribution in [0.2, 0.25) is 0 Å². The van der Waals surface area contributed by atoms with Crippen LogP contribution in [0.15, 0.2) is 48.7 Å². The van der Waals surface area contributed by atoms with E-state index in [9.17, 15) is 4.79 Å². The van der Waals surface area contributed by atoms with E-state index >= 15 is 0 Å². The Hall–Kier alpha value is -2.92. The summed E-state index contributed by atoms with van der Waals surface area (Å²) < 4.78 is 5.57. The topological polar surface area (TPSA) is 63.2 Å². The third-order valence-electron chi connectivity index (χ3n) is 4.56. The second-order valence-corrected chi connectivity index (χ2v) is 7.26. The molecule has 146 valence electrons. The van der Waals surface area contributed by atoms with Crippen LogP contribution in [0.3, 0.4) is 0 Å². The number of fused-ring (bicyclic) bond motifs is 1. The van der Waals surface area contributed by atoms with Crippen molar-refractivity contribution in [2.24, 2.45) is 0 Å². The summed E-state index contributed by atoms with van der Waals surface area (Å²) in [6, 6.07) is 14.6. The van der Waals surface area contributed by atoms with E-state index < -0.39 is 6.09 Å². The molecule has 0 fully saturated rings. The molecule has 0 radical (unpaired) electrons. The monoisotopic (exact) mass is 377 g/mol. The Kier molecular flexibility index (Phi) is 6.26. The molecule has 3 aromatic rings. The molecule has 0 unspecified atom stereocenters. The molecule has 0 saturated carbocycles. The number of nitrogens with one attached hydrogen (secondary N) is 2. The number of aromatic nitrogens is 1. The van der Waals surface area contributed by atoms with Crippen molar-refractivity contribution < 1.29 is 9.53 Å². The lowest BCUT2D eigenvalue weighted by molar-refractivity contribution is 0.201. The first-order valence-corrected chi connectivity index (χ1v) is 9.60. The molecule has 2 N–H and O–H groups in total. The van der Waals surface area contributed by atoms with Crippen LogP contribution in [-0.4, -0.2) is 30.2 Å². The average molecular weight is 377 g/mol. The summed E-state index contributed by atoms with van der Waals surface area (Å²) in [6.45, 7) is 9.41. The van der Waals surface area contributed by atoms with Crippen LogP contribution in [0.25, 0.3) is 22.0 Å². The molecule has 3 rings (SSSR count). The second-order valence-electron chi connectivity index (χ2n) is 7.26. The van der Waals surface area contributed by atoms with Crippen molar-refractivity contribution in [3.8, 4) is 17.0 Å². The molecular formula is C23H27N3O2. The number of benzene rings is 2. The van der Waals surface area contributed by atoms with Gasteiger partial charge in [0.25, 0.3) is 0 Å². The van der Waals surface area contributed by atoms with Gasteiger partial charge in [0.15, 0.2) is 5.75 Å². The highest BCUT2D eigenvalue weighted by atomic mass is 16.6. The van der Waals surface area contributed by atoms with E-state index in [1.54, 1.807) is 6.20 Å². The highest BCUT2D eigenvalue weighted by Crippen LogP contribution is 2.34. The number of carbonyl (C=O) groups excluding carboxylic acids is 1. The minimum atomic E-state index is -0.473. The molecule has 0 bridgehead atoms. The van der Waals surface area contributed by atoms with E-state index in [4.69, 9.17) is 4.74 Å².